The van der Waals surface area contributed by atoms with E-state index in [0.717, 1.165) is 6.26 Å². The van der Waals surface area contributed by atoms with Crippen LogP contribution in [0.2, 0.25) is 0 Å². The molecule has 0 radical (unpaired) electrons. The van der Waals surface area contributed by atoms with Crippen LogP contribution in [0.25, 0.3) is 10.9 Å². The third kappa shape index (κ3) is 7.23. The molecule has 1 unspecified atom stereocenters. The van der Waals surface area contributed by atoms with Gasteiger partial charge in [0.1, 0.15) is 51.6 Å². The molecule has 0 saturated heterocycles. The zero-order chi connectivity index (χ0) is 29.7. The maximum Gasteiger partial charge on any atom is 0.149 e. The normalized spacial score (nSPS) is 16.5. The molecule has 0 fully saturated rings. The van der Waals surface area contributed by atoms with Gasteiger partial charge in [-0.2, -0.15) is 0 Å². The maximum atomic E-state index is 15.5. The average Bonchev–Trinajstić information content (AvgIpc) is 3.41. The van der Waals surface area contributed by atoms with E-state index < -0.39 is 21.3 Å². The Morgan fingerprint density at radius 2 is 1.95 bits per heavy atom. The summed E-state index contributed by atoms with van der Waals surface area (Å²) in [5.41, 5.74) is 1.12. The summed E-state index contributed by atoms with van der Waals surface area (Å²) in [5.74, 6) is 0.149. The molecule has 0 aliphatic carbocycles. The van der Waals surface area contributed by atoms with E-state index in [4.69, 9.17) is 14.2 Å². The topological polar surface area (TPSA) is 99.6 Å². The molecule has 1 aliphatic rings. The van der Waals surface area contributed by atoms with Crippen LogP contribution in [0.15, 0.2) is 77.7 Å². The molecule has 1 atom stereocenters. The molecule has 1 N–H and O–H groups in total. The molecule has 220 valence electrons. The minimum Gasteiger partial charge on any atom is -0.490 e. The van der Waals surface area contributed by atoms with Crippen LogP contribution < -0.4 is 10.1 Å². The van der Waals surface area contributed by atoms with Gasteiger partial charge in [-0.25, -0.2) is 27.2 Å². The van der Waals surface area contributed by atoms with Gasteiger partial charge in [0.05, 0.1) is 35.2 Å². The van der Waals surface area contributed by atoms with Gasteiger partial charge in [-0.15, -0.1) is 0 Å². The number of nitrogens with zero attached hydrogens (tertiary/aromatic N) is 2. The van der Waals surface area contributed by atoms with Crippen molar-refractivity contribution in [1.29, 1.82) is 0 Å². The zero-order valence-corrected chi connectivity index (χ0v) is 25.1. The minimum absolute atomic E-state index is 0.0502. The van der Waals surface area contributed by atoms with Gasteiger partial charge in [-0.1, -0.05) is 12.1 Å². The molecule has 0 bridgehead atoms. The molecule has 4 aromatic rings. The Morgan fingerprint density at radius 1 is 1.10 bits per heavy atom. The van der Waals surface area contributed by atoms with Crippen molar-refractivity contribution in [2.45, 2.75) is 25.0 Å². The molecule has 3 aromatic carbocycles. The molecular formula is C30H28BrF2N3O5S. The molecule has 0 spiro atoms. The van der Waals surface area contributed by atoms with E-state index in [9.17, 15) is 12.8 Å². The first-order chi connectivity index (χ1) is 20.1. The monoisotopic (exact) mass is 659 g/mol. The second kappa shape index (κ2) is 12.7. The number of hydrogen-bond donors (Lipinski definition) is 1. The molecule has 42 heavy (non-hydrogen) atoms. The summed E-state index contributed by atoms with van der Waals surface area (Å²) >= 11 is 3.53. The van der Waals surface area contributed by atoms with Gasteiger partial charge in [0, 0.05) is 41.8 Å². The predicted octanol–water partition coefficient (Wildman–Crippen LogP) is 6.57. The Balaban J connectivity index is 1.35. The standard InChI is InChI=1S/C30H28BrF2N3O5S/c1-42(37,38)13-12-39-11-9-30(8-3-10-41-30)24-16-23-27(17-26(24)33)34-19-35-29(23)36-22-6-7-28(25(31)15-22)40-18-20-4-2-5-21(32)14-20/h2-7,10,14-17,19H,8-9,11-13,18H2,1H3,(H,34,35,36). The third-order valence-electron chi connectivity index (χ3n) is 6.78. The molecule has 0 amide bonds. The van der Waals surface area contributed by atoms with E-state index in [-0.39, 0.29) is 31.4 Å². The highest BCUT2D eigenvalue weighted by Gasteiger charge is 2.38. The maximum absolute atomic E-state index is 15.5. The highest BCUT2D eigenvalue weighted by atomic mass is 79.9. The fourth-order valence-corrected chi connectivity index (χ4v) is 5.54. The van der Waals surface area contributed by atoms with Crippen molar-refractivity contribution in [2.24, 2.45) is 0 Å². The molecule has 8 nitrogen and oxygen atoms in total. The van der Waals surface area contributed by atoms with Crippen molar-refractivity contribution >= 4 is 48.2 Å². The predicted molar refractivity (Wildman–Crippen MR) is 159 cm³/mol. The first-order valence-corrected chi connectivity index (χ1v) is 15.9. The van der Waals surface area contributed by atoms with E-state index in [2.05, 4.69) is 31.2 Å². The lowest BCUT2D eigenvalue weighted by Crippen LogP contribution is -2.28. The van der Waals surface area contributed by atoms with E-state index >= 15 is 4.39 Å². The van der Waals surface area contributed by atoms with Crippen molar-refractivity contribution in [3.8, 4) is 5.75 Å². The number of halogens is 3. The quantitative estimate of drug-likeness (QED) is 0.170. The van der Waals surface area contributed by atoms with Crippen LogP contribution in [0, 0.1) is 11.6 Å². The molecule has 2 heterocycles. The van der Waals surface area contributed by atoms with Gasteiger partial charge >= 0.3 is 0 Å². The summed E-state index contributed by atoms with van der Waals surface area (Å²) in [6, 6.07) is 14.7. The van der Waals surface area contributed by atoms with Gasteiger partial charge < -0.3 is 19.5 Å². The van der Waals surface area contributed by atoms with Gasteiger partial charge in [0.25, 0.3) is 0 Å². The van der Waals surface area contributed by atoms with Crippen LogP contribution >= 0.6 is 15.9 Å². The van der Waals surface area contributed by atoms with E-state index in [1.54, 1.807) is 24.3 Å². The summed E-state index contributed by atoms with van der Waals surface area (Å²) in [5, 5.41) is 3.86. The van der Waals surface area contributed by atoms with Crippen LogP contribution in [-0.4, -0.2) is 43.6 Å². The van der Waals surface area contributed by atoms with Crippen LogP contribution in [0.5, 0.6) is 5.75 Å². The largest absolute Gasteiger partial charge is 0.490 e. The van der Waals surface area contributed by atoms with Crippen LogP contribution in [0.3, 0.4) is 0 Å². The number of hydrogen-bond acceptors (Lipinski definition) is 8. The fraction of sp³-hybridized carbons (Fsp3) is 0.267. The Hall–Kier alpha value is -3.61. The van der Waals surface area contributed by atoms with Crippen molar-refractivity contribution in [3.63, 3.8) is 0 Å². The fourth-order valence-electron chi connectivity index (χ4n) is 4.63. The summed E-state index contributed by atoms with van der Waals surface area (Å²) in [6.07, 6.45) is 6.59. The number of ether oxygens (including phenoxy) is 3. The highest BCUT2D eigenvalue weighted by molar-refractivity contribution is 9.10. The second-order valence-electron chi connectivity index (χ2n) is 9.94. The number of sulfone groups is 1. The lowest BCUT2D eigenvalue weighted by molar-refractivity contribution is 0.000277. The molecule has 1 aliphatic heterocycles. The van der Waals surface area contributed by atoms with Crippen molar-refractivity contribution in [3.05, 3.63) is 100 Å². The molecular weight excluding hydrogens is 632 g/mol. The molecule has 1 aromatic heterocycles. The van der Waals surface area contributed by atoms with Gasteiger partial charge in [-0.3, -0.25) is 0 Å². The highest BCUT2D eigenvalue weighted by Crippen LogP contribution is 2.41. The van der Waals surface area contributed by atoms with Crippen LogP contribution in [0.4, 0.5) is 20.3 Å². The van der Waals surface area contributed by atoms with Crippen molar-refractivity contribution in [1.82, 2.24) is 9.97 Å². The number of anilines is 2. The first kappa shape index (κ1) is 29.9. The van der Waals surface area contributed by atoms with E-state index in [0.29, 0.717) is 56.6 Å². The second-order valence-corrected chi connectivity index (χ2v) is 13.1. The van der Waals surface area contributed by atoms with Crippen molar-refractivity contribution < 1.29 is 31.4 Å². The molecule has 12 heteroatoms. The Bertz CT molecular complexity index is 1730. The molecule has 0 saturated carbocycles. The number of benzene rings is 3. The SMILES string of the molecule is CS(=O)(=O)CCOCCC1(c2cc3c(Nc4ccc(OCc5cccc(F)c5)c(Br)c4)ncnc3cc2F)CC=CO1. The van der Waals surface area contributed by atoms with Crippen LogP contribution in [0.1, 0.15) is 24.0 Å². The van der Waals surface area contributed by atoms with Gasteiger partial charge in [-0.05, 0) is 64.0 Å². The Kier molecular flexibility index (Phi) is 9.05. The Morgan fingerprint density at radius 3 is 2.69 bits per heavy atom. The summed E-state index contributed by atoms with van der Waals surface area (Å²) in [4.78, 5) is 8.65. The minimum atomic E-state index is -3.15. The van der Waals surface area contributed by atoms with Gasteiger partial charge in [0.2, 0.25) is 0 Å². The number of nitrogens with one attached hydrogen (secondary N) is 1. The van der Waals surface area contributed by atoms with E-state index in [1.165, 1.54) is 30.8 Å². The summed E-state index contributed by atoms with van der Waals surface area (Å²) in [7, 11) is -3.15. The number of fused-ring (bicyclic) bond motifs is 1. The number of rotatable bonds is 12. The smallest absolute Gasteiger partial charge is 0.149 e. The lowest BCUT2D eigenvalue weighted by atomic mass is 9.87. The molecule has 5 rings (SSSR count). The summed E-state index contributed by atoms with van der Waals surface area (Å²) in [6.45, 7) is 0.441. The van der Waals surface area contributed by atoms with Gasteiger partial charge in [0.15, 0.2) is 0 Å². The number of aromatic nitrogens is 2. The first-order valence-electron chi connectivity index (χ1n) is 13.1. The summed E-state index contributed by atoms with van der Waals surface area (Å²) < 4.78 is 69.7. The van der Waals surface area contributed by atoms with E-state index in [1.807, 2.05) is 18.2 Å². The van der Waals surface area contributed by atoms with Crippen molar-refractivity contribution in [2.75, 3.05) is 30.5 Å². The lowest BCUT2D eigenvalue weighted by Gasteiger charge is -2.30. The zero-order valence-electron chi connectivity index (χ0n) is 22.6. The van der Waals surface area contributed by atoms with Crippen LogP contribution in [-0.2, 0) is 31.5 Å². The Labute approximate surface area is 250 Å². The third-order valence-corrected chi connectivity index (χ3v) is 8.31. The average molecular weight is 661 g/mol.